The summed E-state index contributed by atoms with van der Waals surface area (Å²) in [7, 11) is 0. The topological polar surface area (TPSA) is 52.5 Å². The van der Waals surface area contributed by atoms with E-state index in [1.54, 1.807) is 12.1 Å². The summed E-state index contributed by atoms with van der Waals surface area (Å²) in [5, 5.41) is 22.0. The second-order valence-corrected chi connectivity index (χ2v) is 3.70. The van der Waals surface area contributed by atoms with E-state index in [0.717, 1.165) is 30.5 Å². The molecular formula is C11H15NO2. The number of aliphatic hydroxyl groups excluding tert-OH is 1. The van der Waals surface area contributed by atoms with Gasteiger partial charge in [0, 0.05) is 11.6 Å². The van der Waals surface area contributed by atoms with Crippen molar-refractivity contribution in [3.8, 4) is 5.75 Å². The normalized spacial score (nSPS) is 21.4. The van der Waals surface area contributed by atoms with E-state index >= 15 is 0 Å². The Morgan fingerprint density at radius 2 is 2.29 bits per heavy atom. The molecule has 0 amide bonds. The van der Waals surface area contributed by atoms with Crippen molar-refractivity contribution >= 4 is 0 Å². The molecule has 0 bridgehead atoms. The maximum Gasteiger partial charge on any atom is 0.120 e. The predicted octanol–water partition coefficient (Wildman–Crippen LogP) is 1.31. The van der Waals surface area contributed by atoms with Gasteiger partial charge in [0.25, 0.3) is 0 Å². The number of aliphatic hydroxyl groups is 1. The van der Waals surface area contributed by atoms with E-state index < -0.39 is 0 Å². The summed E-state index contributed by atoms with van der Waals surface area (Å²) in [4.78, 5) is 0. The first kappa shape index (κ1) is 9.49. The third-order valence-electron chi connectivity index (χ3n) is 2.71. The highest BCUT2D eigenvalue weighted by Gasteiger charge is 2.19. The Morgan fingerprint density at radius 1 is 1.43 bits per heavy atom. The molecule has 1 aliphatic heterocycles. The first-order chi connectivity index (χ1) is 6.81. The van der Waals surface area contributed by atoms with E-state index in [1.807, 2.05) is 6.07 Å². The van der Waals surface area contributed by atoms with Crippen molar-refractivity contribution in [2.75, 3.05) is 6.54 Å². The lowest BCUT2D eigenvalue weighted by molar-refractivity contribution is 0.281. The molecule has 1 aliphatic rings. The van der Waals surface area contributed by atoms with Gasteiger partial charge in [0.05, 0.1) is 6.61 Å². The zero-order valence-corrected chi connectivity index (χ0v) is 8.03. The van der Waals surface area contributed by atoms with Crippen LogP contribution in [0.4, 0.5) is 0 Å². The number of nitrogens with one attached hydrogen (secondary N) is 1. The van der Waals surface area contributed by atoms with Crippen LogP contribution >= 0.6 is 0 Å². The number of hydrogen-bond donors (Lipinski definition) is 3. The van der Waals surface area contributed by atoms with Crippen LogP contribution in [0.15, 0.2) is 18.2 Å². The van der Waals surface area contributed by atoms with Crippen molar-refractivity contribution in [3.63, 3.8) is 0 Å². The summed E-state index contributed by atoms with van der Waals surface area (Å²) >= 11 is 0. The first-order valence-corrected chi connectivity index (χ1v) is 4.97. The minimum Gasteiger partial charge on any atom is -0.508 e. The van der Waals surface area contributed by atoms with Crippen LogP contribution in [0, 0.1) is 0 Å². The summed E-state index contributed by atoms with van der Waals surface area (Å²) in [6.07, 6.45) is 2.20. The third kappa shape index (κ3) is 1.74. The van der Waals surface area contributed by atoms with Gasteiger partial charge in [-0.15, -0.1) is 0 Å². The molecule has 1 fully saturated rings. The van der Waals surface area contributed by atoms with E-state index in [9.17, 15) is 5.11 Å². The van der Waals surface area contributed by atoms with Crippen molar-refractivity contribution < 1.29 is 10.2 Å². The van der Waals surface area contributed by atoms with E-state index in [1.165, 1.54) is 0 Å². The smallest absolute Gasteiger partial charge is 0.120 e. The lowest BCUT2D eigenvalue weighted by atomic mass is 10.0. The van der Waals surface area contributed by atoms with E-state index in [-0.39, 0.29) is 12.6 Å². The standard InChI is InChI=1S/C11H15NO2/c13-7-8-3-4-11(14)9(6-8)10-2-1-5-12-10/h3-4,6,10,12-14H,1-2,5,7H2/t10-/m0/s1. The summed E-state index contributed by atoms with van der Waals surface area (Å²) in [6.45, 7) is 1.04. The van der Waals surface area contributed by atoms with E-state index in [2.05, 4.69) is 5.32 Å². The van der Waals surface area contributed by atoms with Crippen molar-refractivity contribution in [3.05, 3.63) is 29.3 Å². The minimum absolute atomic E-state index is 0.0278. The van der Waals surface area contributed by atoms with Gasteiger partial charge in [-0.25, -0.2) is 0 Å². The van der Waals surface area contributed by atoms with Crippen molar-refractivity contribution in [1.82, 2.24) is 5.32 Å². The Kier molecular flexibility index (Phi) is 2.70. The van der Waals surface area contributed by atoms with Crippen LogP contribution in [0.1, 0.15) is 30.0 Å². The molecule has 1 atom stereocenters. The number of hydrogen-bond acceptors (Lipinski definition) is 3. The molecule has 1 aromatic rings. The van der Waals surface area contributed by atoms with Crippen LogP contribution < -0.4 is 5.32 Å². The first-order valence-electron chi connectivity index (χ1n) is 4.97. The summed E-state index contributed by atoms with van der Waals surface area (Å²) in [6, 6.07) is 5.52. The molecule has 2 rings (SSSR count). The molecule has 3 heteroatoms. The number of phenolic OH excluding ortho intramolecular Hbond substituents is 1. The Balaban J connectivity index is 2.29. The number of benzene rings is 1. The molecule has 0 radical (unpaired) electrons. The fraction of sp³-hybridized carbons (Fsp3) is 0.455. The van der Waals surface area contributed by atoms with Crippen LogP contribution in [0.2, 0.25) is 0 Å². The third-order valence-corrected chi connectivity index (χ3v) is 2.71. The predicted molar refractivity (Wildman–Crippen MR) is 54.0 cm³/mol. The van der Waals surface area contributed by atoms with Gasteiger partial charge in [-0.3, -0.25) is 0 Å². The highest BCUT2D eigenvalue weighted by molar-refractivity contribution is 5.38. The van der Waals surface area contributed by atoms with Gasteiger partial charge in [-0.2, -0.15) is 0 Å². The van der Waals surface area contributed by atoms with E-state index in [0.29, 0.717) is 5.75 Å². The van der Waals surface area contributed by atoms with Crippen LogP contribution in [0.5, 0.6) is 5.75 Å². The zero-order valence-electron chi connectivity index (χ0n) is 8.03. The van der Waals surface area contributed by atoms with Gasteiger partial charge in [0.1, 0.15) is 5.75 Å². The minimum atomic E-state index is 0.0278. The Bertz CT molecular complexity index is 319. The fourth-order valence-electron chi connectivity index (χ4n) is 1.93. The molecule has 3 nitrogen and oxygen atoms in total. The molecule has 0 aliphatic carbocycles. The molecule has 0 unspecified atom stereocenters. The highest BCUT2D eigenvalue weighted by Crippen LogP contribution is 2.30. The summed E-state index contributed by atoms with van der Waals surface area (Å²) in [5.41, 5.74) is 1.76. The van der Waals surface area contributed by atoms with Crippen LogP contribution in [-0.4, -0.2) is 16.8 Å². The average Bonchev–Trinajstić information content (AvgIpc) is 2.71. The monoisotopic (exact) mass is 193 g/mol. The van der Waals surface area contributed by atoms with Gasteiger partial charge >= 0.3 is 0 Å². The molecule has 0 aromatic heterocycles. The molecule has 0 saturated carbocycles. The van der Waals surface area contributed by atoms with Gasteiger partial charge in [-0.1, -0.05) is 6.07 Å². The molecule has 14 heavy (non-hydrogen) atoms. The summed E-state index contributed by atoms with van der Waals surface area (Å²) < 4.78 is 0. The molecule has 3 N–H and O–H groups in total. The number of rotatable bonds is 2. The number of phenols is 1. The fourth-order valence-corrected chi connectivity index (χ4v) is 1.93. The lowest BCUT2D eigenvalue weighted by Gasteiger charge is -2.13. The number of aromatic hydroxyl groups is 1. The maximum atomic E-state index is 9.67. The second kappa shape index (κ2) is 3.98. The Labute approximate surface area is 83.4 Å². The molecule has 1 saturated heterocycles. The molecule has 76 valence electrons. The van der Waals surface area contributed by atoms with Gasteiger partial charge in [0.15, 0.2) is 0 Å². The molecular weight excluding hydrogens is 178 g/mol. The Hall–Kier alpha value is -1.06. The lowest BCUT2D eigenvalue weighted by Crippen LogP contribution is -2.13. The maximum absolute atomic E-state index is 9.67. The van der Waals surface area contributed by atoms with Gasteiger partial charge in [-0.05, 0) is 37.1 Å². The van der Waals surface area contributed by atoms with Crippen molar-refractivity contribution in [1.29, 1.82) is 0 Å². The Morgan fingerprint density at radius 3 is 2.93 bits per heavy atom. The van der Waals surface area contributed by atoms with Crippen molar-refractivity contribution in [2.45, 2.75) is 25.5 Å². The second-order valence-electron chi connectivity index (χ2n) is 3.70. The van der Waals surface area contributed by atoms with Crippen LogP contribution in [0.3, 0.4) is 0 Å². The molecule has 0 spiro atoms. The molecule has 1 heterocycles. The average molecular weight is 193 g/mol. The summed E-state index contributed by atoms with van der Waals surface area (Å²) in [5.74, 6) is 0.321. The van der Waals surface area contributed by atoms with Gasteiger partial charge in [0.2, 0.25) is 0 Å². The highest BCUT2D eigenvalue weighted by atomic mass is 16.3. The SMILES string of the molecule is OCc1ccc(O)c([C@@H]2CCCN2)c1. The van der Waals surface area contributed by atoms with Crippen LogP contribution in [-0.2, 0) is 6.61 Å². The zero-order chi connectivity index (χ0) is 9.97. The van der Waals surface area contributed by atoms with Crippen molar-refractivity contribution in [2.24, 2.45) is 0 Å². The quantitative estimate of drug-likeness (QED) is 0.663. The molecule has 1 aromatic carbocycles. The van der Waals surface area contributed by atoms with E-state index in [4.69, 9.17) is 5.11 Å². The largest absolute Gasteiger partial charge is 0.508 e. The van der Waals surface area contributed by atoms with Gasteiger partial charge < -0.3 is 15.5 Å². The van der Waals surface area contributed by atoms with Crippen LogP contribution in [0.25, 0.3) is 0 Å².